The van der Waals surface area contributed by atoms with Gasteiger partial charge < -0.3 is 24.8 Å². The van der Waals surface area contributed by atoms with Gasteiger partial charge in [0.2, 0.25) is 5.91 Å². The second kappa shape index (κ2) is 10.1. The van der Waals surface area contributed by atoms with Crippen LogP contribution in [0.3, 0.4) is 0 Å². The molecule has 1 saturated heterocycles. The summed E-state index contributed by atoms with van der Waals surface area (Å²) in [6.07, 6.45) is 5.16. The number of halogens is 1. The number of rotatable bonds is 8. The molecular weight excluding hydrogens is 447 g/mol. The molecule has 5 rings (SSSR count). The highest BCUT2D eigenvalue weighted by molar-refractivity contribution is 5.81. The maximum Gasteiger partial charge on any atom is 0.250 e. The van der Waals surface area contributed by atoms with Crippen LogP contribution in [0, 0.1) is 11.7 Å². The quantitative estimate of drug-likeness (QED) is 0.603. The van der Waals surface area contributed by atoms with E-state index in [1.54, 1.807) is 29.9 Å². The van der Waals surface area contributed by atoms with Crippen molar-refractivity contribution in [2.24, 2.45) is 13.0 Å². The summed E-state index contributed by atoms with van der Waals surface area (Å²) in [5.74, 6) is -0.471. The van der Waals surface area contributed by atoms with Gasteiger partial charge in [-0.1, -0.05) is 6.07 Å². The third-order valence-corrected chi connectivity index (χ3v) is 7.85. The summed E-state index contributed by atoms with van der Waals surface area (Å²) in [6.45, 7) is 3.30. The summed E-state index contributed by atoms with van der Waals surface area (Å²) in [5.41, 5.74) is 2.43. The highest BCUT2D eigenvalue weighted by Crippen LogP contribution is 2.41. The van der Waals surface area contributed by atoms with Crippen LogP contribution in [-0.2, 0) is 11.8 Å². The Bertz CT molecular complexity index is 1130. The summed E-state index contributed by atoms with van der Waals surface area (Å²) in [5, 5.41) is 12.7. The van der Waals surface area contributed by atoms with E-state index in [1.165, 1.54) is 6.07 Å². The molecule has 2 unspecified atom stereocenters. The fourth-order valence-corrected chi connectivity index (χ4v) is 5.85. The van der Waals surface area contributed by atoms with Gasteiger partial charge in [-0.05, 0) is 61.9 Å². The number of aromatic nitrogens is 1. The van der Waals surface area contributed by atoms with E-state index in [1.807, 2.05) is 17.0 Å². The van der Waals surface area contributed by atoms with E-state index in [-0.39, 0.29) is 47.7 Å². The predicted octanol–water partition coefficient (Wildman–Crippen LogP) is 2.19. The molecule has 188 valence electrons. The zero-order valence-corrected chi connectivity index (χ0v) is 20.3. The van der Waals surface area contributed by atoms with Crippen LogP contribution in [0.15, 0.2) is 41.3 Å². The average molecular weight is 483 g/mol. The lowest BCUT2D eigenvalue weighted by molar-refractivity contribution is -0.137. The number of fused-ring (bicyclic) bond motifs is 1. The maximum absolute atomic E-state index is 15.0. The van der Waals surface area contributed by atoms with Crippen molar-refractivity contribution < 1.29 is 14.3 Å². The molecule has 3 aliphatic rings. The smallest absolute Gasteiger partial charge is 0.250 e. The van der Waals surface area contributed by atoms with Crippen LogP contribution in [-0.4, -0.2) is 65.9 Å². The number of amides is 1. The molecule has 1 saturated carbocycles. The van der Waals surface area contributed by atoms with Gasteiger partial charge in [-0.3, -0.25) is 9.59 Å². The molecule has 2 aromatic rings. The van der Waals surface area contributed by atoms with Gasteiger partial charge in [0.15, 0.2) is 0 Å². The maximum atomic E-state index is 15.0. The Morgan fingerprint density at radius 1 is 1.26 bits per heavy atom. The second-order valence-electron chi connectivity index (χ2n) is 10.2. The first-order valence-corrected chi connectivity index (χ1v) is 12.8. The normalized spacial score (nSPS) is 23.9. The largest absolute Gasteiger partial charge is 0.396 e. The average Bonchev–Trinajstić information content (AvgIpc) is 3.64. The molecule has 8 heteroatoms. The first-order valence-electron chi connectivity index (χ1n) is 12.8. The number of piperidine rings is 1. The molecule has 3 heterocycles. The lowest BCUT2D eigenvalue weighted by Gasteiger charge is -2.36. The van der Waals surface area contributed by atoms with Crippen molar-refractivity contribution >= 4 is 11.6 Å². The van der Waals surface area contributed by atoms with Crippen LogP contribution in [0.5, 0.6) is 0 Å². The highest BCUT2D eigenvalue weighted by Gasteiger charge is 2.43. The Hall–Kier alpha value is -2.71. The third kappa shape index (κ3) is 4.86. The van der Waals surface area contributed by atoms with Crippen molar-refractivity contribution in [3.63, 3.8) is 0 Å². The Morgan fingerprint density at radius 3 is 2.83 bits per heavy atom. The second-order valence-corrected chi connectivity index (χ2v) is 10.2. The lowest BCUT2D eigenvalue weighted by atomic mass is 9.80. The fraction of sp³-hybridized carbons (Fsp3) is 0.556. The summed E-state index contributed by atoms with van der Waals surface area (Å²) in [4.78, 5) is 30.4. The third-order valence-electron chi connectivity index (χ3n) is 7.85. The van der Waals surface area contributed by atoms with Crippen LogP contribution in [0.2, 0.25) is 0 Å². The molecule has 35 heavy (non-hydrogen) atoms. The van der Waals surface area contributed by atoms with Gasteiger partial charge in [0, 0.05) is 75.3 Å². The topological polar surface area (TPSA) is 77.8 Å². The minimum atomic E-state index is -0.247. The number of nitrogens with one attached hydrogen (secondary N) is 1. The molecule has 3 atom stereocenters. The summed E-state index contributed by atoms with van der Waals surface area (Å²) >= 11 is 0. The number of nitrogens with zero attached hydrogens (tertiary/aromatic N) is 3. The number of hydrogen-bond donors (Lipinski definition) is 2. The molecule has 2 fully saturated rings. The van der Waals surface area contributed by atoms with Gasteiger partial charge in [0.1, 0.15) is 5.82 Å². The molecule has 2 aliphatic heterocycles. The first-order chi connectivity index (χ1) is 17.0. The van der Waals surface area contributed by atoms with Gasteiger partial charge in [0.25, 0.3) is 5.56 Å². The lowest BCUT2D eigenvalue weighted by Crippen LogP contribution is -2.48. The van der Waals surface area contributed by atoms with Gasteiger partial charge >= 0.3 is 0 Å². The van der Waals surface area contributed by atoms with E-state index in [0.717, 1.165) is 37.1 Å². The van der Waals surface area contributed by atoms with Gasteiger partial charge in [-0.15, -0.1) is 0 Å². The number of carbonyl (C=O) groups is 1. The van der Waals surface area contributed by atoms with Crippen LogP contribution < -0.4 is 15.8 Å². The van der Waals surface area contributed by atoms with E-state index in [9.17, 15) is 19.1 Å². The van der Waals surface area contributed by atoms with E-state index in [0.29, 0.717) is 38.2 Å². The van der Waals surface area contributed by atoms with Crippen LogP contribution in [0.4, 0.5) is 10.1 Å². The van der Waals surface area contributed by atoms with Gasteiger partial charge in [0.05, 0.1) is 5.92 Å². The summed E-state index contributed by atoms with van der Waals surface area (Å²) < 4.78 is 16.5. The van der Waals surface area contributed by atoms with Crippen molar-refractivity contribution in [1.29, 1.82) is 0 Å². The molecular formula is C27H35FN4O3. The number of hydrogen-bond acceptors (Lipinski definition) is 5. The minimum Gasteiger partial charge on any atom is -0.396 e. The Balaban J connectivity index is 1.39. The fourth-order valence-electron chi connectivity index (χ4n) is 5.85. The first kappa shape index (κ1) is 24.0. The molecule has 7 nitrogen and oxygen atoms in total. The molecule has 0 radical (unpaired) electrons. The van der Waals surface area contributed by atoms with Crippen LogP contribution >= 0.6 is 0 Å². The number of aliphatic hydroxyl groups is 1. The van der Waals surface area contributed by atoms with Crippen molar-refractivity contribution in [2.75, 3.05) is 44.2 Å². The standard InChI is InChI=1S/C27H35FN4O3/c1-30-12-9-18(14-25(30)34)21-8-10-29-15-22(21)27(35)32(20-6-7-20)17-19-16-31(11-3-13-33)24-5-2-4-23(28)26(19)24/h2,4-5,9,12,14,19-22,29,33H,3,6-8,10-11,13,15-17H2,1H3/t19?,21-,22?/m1/s1. The van der Waals surface area contributed by atoms with Crippen LogP contribution in [0.25, 0.3) is 0 Å². The SMILES string of the molecule is Cn1ccc([C@H]2CCNCC2C(=O)N(CC2CN(CCCO)c3cccc(F)c32)C2CC2)cc1=O. The zero-order valence-electron chi connectivity index (χ0n) is 20.3. The number of benzene rings is 1. The van der Waals surface area contributed by atoms with Crippen molar-refractivity contribution in [3.05, 3.63) is 63.8 Å². The Labute approximate surface area is 205 Å². The zero-order chi connectivity index (χ0) is 24.5. The van der Waals surface area contributed by atoms with Crippen molar-refractivity contribution in [2.45, 2.75) is 43.6 Å². The molecule has 0 bridgehead atoms. The molecule has 1 amide bonds. The highest BCUT2D eigenvalue weighted by atomic mass is 19.1. The number of aryl methyl sites for hydroxylation is 1. The molecule has 1 aliphatic carbocycles. The molecule has 1 aromatic carbocycles. The minimum absolute atomic E-state index is 0.00690. The number of anilines is 1. The number of aliphatic hydroxyl groups excluding tert-OH is 1. The van der Waals surface area contributed by atoms with Crippen molar-refractivity contribution in [3.8, 4) is 0 Å². The Kier molecular flexibility index (Phi) is 6.93. The van der Waals surface area contributed by atoms with Gasteiger partial charge in [-0.25, -0.2) is 4.39 Å². The van der Waals surface area contributed by atoms with Crippen molar-refractivity contribution in [1.82, 2.24) is 14.8 Å². The number of carbonyl (C=O) groups excluding carboxylic acids is 1. The van der Waals surface area contributed by atoms with Crippen LogP contribution in [0.1, 0.15) is 48.6 Å². The Morgan fingerprint density at radius 2 is 2.09 bits per heavy atom. The summed E-state index contributed by atoms with van der Waals surface area (Å²) in [7, 11) is 1.73. The summed E-state index contributed by atoms with van der Waals surface area (Å²) in [6, 6.07) is 9.00. The van der Waals surface area contributed by atoms with E-state index >= 15 is 0 Å². The molecule has 2 N–H and O–H groups in total. The molecule has 0 spiro atoms. The van der Waals surface area contributed by atoms with Gasteiger partial charge in [-0.2, -0.15) is 0 Å². The number of pyridine rings is 1. The van der Waals surface area contributed by atoms with E-state index < -0.39 is 0 Å². The van der Waals surface area contributed by atoms with E-state index in [4.69, 9.17) is 0 Å². The molecule has 1 aromatic heterocycles. The van der Waals surface area contributed by atoms with E-state index in [2.05, 4.69) is 10.2 Å². The predicted molar refractivity (Wildman–Crippen MR) is 133 cm³/mol. The monoisotopic (exact) mass is 482 g/mol.